The molecule has 2 aliphatic heterocycles. The summed E-state index contributed by atoms with van der Waals surface area (Å²) in [6.07, 6.45) is 3.42. The van der Waals surface area contributed by atoms with Crippen LogP contribution in [0, 0.1) is 0 Å². The Hall–Kier alpha value is -2.08. The Balaban J connectivity index is 1.59. The van der Waals surface area contributed by atoms with Gasteiger partial charge in [0.1, 0.15) is 0 Å². The molecule has 2 N–H and O–H groups in total. The van der Waals surface area contributed by atoms with Crippen LogP contribution in [0.1, 0.15) is 49.0 Å². The largest absolute Gasteiger partial charge is 0.478 e. The van der Waals surface area contributed by atoms with Crippen LogP contribution in [0.3, 0.4) is 0 Å². The zero-order valence-corrected chi connectivity index (χ0v) is 14.9. The average molecular weight is 345 g/mol. The predicted molar refractivity (Wildman–Crippen MR) is 95.6 cm³/mol. The van der Waals surface area contributed by atoms with E-state index in [0.717, 1.165) is 31.5 Å². The number of benzene rings is 1. The Kier molecular flexibility index (Phi) is 5.27. The Morgan fingerprint density at radius 1 is 1.24 bits per heavy atom. The normalized spacial score (nSPS) is 23.6. The molecule has 2 aliphatic rings. The highest BCUT2D eigenvalue weighted by molar-refractivity contribution is 5.87. The Bertz CT molecular complexity index is 647. The molecule has 2 unspecified atom stereocenters. The molecule has 25 heavy (non-hydrogen) atoms. The standard InChI is InChI=1S/C19H27N3O3/c1-13(2)22-16-6-7-17(22)12-21(9-8-16)19(25)20-11-14-4-3-5-15(10-14)18(23)24/h3-5,10,13,16-17H,6-9,11-12H2,1-2H3,(H,20,25)(H,23,24). The number of aromatic carboxylic acids is 1. The Labute approximate surface area is 148 Å². The smallest absolute Gasteiger partial charge is 0.335 e. The second-order valence-corrected chi connectivity index (χ2v) is 7.32. The monoisotopic (exact) mass is 345 g/mol. The molecule has 0 aliphatic carbocycles. The second-order valence-electron chi connectivity index (χ2n) is 7.32. The van der Waals surface area contributed by atoms with Crippen LogP contribution in [-0.2, 0) is 6.54 Å². The highest BCUT2D eigenvalue weighted by Crippen LogP contribution is 2.31. The van der Waals surface area contributed by atoms with Crippen LogP contribution in [0.4, 0.5) is 4.79 Å². The van der Waals surface area contributed by atoms with Crippen LogP contribution < -0.4 is 5.32 Å². The number of carboxylic acid groups (broad SMARTS) is 1. The van der Waals surface area contributed by atoms with E-state index in [9.17, 15) is 9.59 Å². The average Bonchev–Trinajstić information content (AvgIpc) is 2.87. The molecule has 0 radical (unpaired) electrons. The van der Waals surface area contributed by atoms with Gasteiger partial charge in [0.15, 0.2) is 0 Å². The number of likely N-dealkylation sites (tertiary alicyclic amines) is 1. The maximum Gasteiger partial charge on any atom is 0.335 e. The SMILES string of the molecule is CC(C)N1C2CCC1CN(C(=O)NCc1cccc(C(=O)O)c1)CC2. The van der Waals surface area contributed by atoms with E-state index in [2.05, 4.69) is 24.1 Å². The lowest BCUT2D eigenvalue weighted by atomic mass is 10.1. The van der Waals surface area contributed by atoms with Crippen LogP contribution in [0.5, 0.6) is 0 Å². The summed E-state index contributed by atoms with van der Waals surface area (Å²) >= 11 is 0. The number of hydrogen-bond donors (Lipinski definition) is 2. The molecule has 2 heterocycles. The first kappa shape index (κ1) is 17.7. The third kappa shape index (κ3) is 3.95. The summed E-state index contributed by atoms with van der Waals surface area (Å²) in [6, 6.07) is 8.20. The van der Waals surface area contributed by atoms with E-state index in [1.54, 1.807) is 18.2 Å². The lowest BCUT2D eigenvalue weighted by molar-refractivity contribution is 0.0696. The Morgan fingerprint density at radius 2 is 2.00 bits per heavy atom. The molecule has 1 aromatic carbocycles. The quantitative estimate of drug-likeness (QED) is 0.880. The van der Waals surface area contributed by atoms with Crippen molar-refractivity contribution in [2.75, 3.05) is 13.1 Å². The third-order valence-electron chi connectivity index (χ3n) is 5.34. The summed E-state index contributed by atoms with van der Waals surface area (Å²) in [5.41, 5.74) is 1.04. The van der Waals surface area contributed by atoms with Crippen molar-refractivity contribution in [1.29, 1.82) is 0 Å². The van der Waals surface area contributed by atoms with Gasteiger partial charge in [-0.25, -0.2) is 9.59 Å². The first-order chi connectivity index (χ1) is 12.0. The number of rotatable bonds is 4. The number of urea groups is 1. The molecule has 0 spiro atoms. The molecule has 2 fully saturated rings. The van der Waals surface area contributed by atoms with Crippen molar-refractivity contribution in [2.45, 2.75) is 57.8 Å². The van der Waals surface area contributed by atoms with Crippen LogP contribution >= 0.6 is 0 Å². The molecular weight excluding hydrogens is 318 g/mol. The summed E-state index contributed by atoms with van der Waals surface area (Å²) < 4.78 is 0. The molecule has 136 valence electrons. The fourth-order valence-corrected chi connectivity index (χ4v) is 4.24. The highest BCUT2D eigenvalue weighted by atomic mass is 16.4. The van der Waals surface area contributed by atoms with Crippen LogP contribution in [0.15, 0.2) is 24.3 Å². The molecule has 2 amide bonds. The third-order valence-corrected chi connectivity index (χ3v) is 5.34. The molecular formula is C19H27N3O3. The van der Waals surface area contributed by atoms with Gasteiger partial charge in [0.05, 0.1) is 5.56 Å². The number of fused-ring (bicyclic) bond motifs is 2. The van der Waals surface area contributed by atoms with Gasteiger partial charge in [0, 0.05) is 37.8 Å². The molecule has 6 nitrogen and oxygen atoms in total. The lowest BCUT2D eigenvalue weighted by Gasteiger charge is -2.32. The maximum absolute atomic E-state index is 12.6. The highest BCUT2D eigenvalue weighted by Gasteiger charge is 2.39. The summed E-state index contributed by atoms with van der Waals surface area (Å²) in [4.78, 5) is 28.1. The fourth-order valence-electron chi connectivity index (χ4n) is 4.24. The van der Waals surface area contributed by atoms with E-state index in [4.69, 9.17) is 5.11 Å². The molecule has 0 aromatic heterocycles. The van der Waals surface area contributed by atoms with Crippen molar-refractivity contribution in [3.8, 4) is 0 Å². The molecule has 2 atom stereocenters. The van der Waals surface area contributed by atoms with Gasteiger partial charge in [-0.05, 0) is 50.8 Å². The number of hydrogen-bond acceptors (Lipinski definition) is 3. The first-order valence-corrected chi connectivity index (χ1v) is 9.08. The van der Waals surface area contributed by atoms with Gasteiger partial charge in [-0.15, -0.1) is 0 Å². The van der Waals surface area contributed by atoms with E-state index in [1.165, 1.54) is 6.42 Å². The minimum absolute atomic E-state index is 0.0583. The van der Waals surface area contributed by atoms with E-state index >= 15 is 0 Å². The van der Waals surface area contributed by atoms with Crippen molar-refractivity contribution >= 4 is 12.0 Å². The summed E-state index contributed by atoms with van der Waals surface area (Å²) in [5.74, 6) is -0.953. The predicted octanol–water partition coefficient (Wildman–Crippen LogP) is 2.54. The number of carboxylic acids is 1. The molecule has 0 saturated carbocycles. The molecule has 6 heteroatoms. The zero-order chi connectivity index (χ0) is 18.0. The maximum atomic E-state index is 12.6. The van der Waals surface area contributed by atoms with Crippen molar-refractivity contribution in [1.82, 2.24) is 15.1 Å². The second kappa shape index (κ2) is 7.44. The zero-order valence-electron chi connectivity index (χ0n) is 14.9. The fraction of sp³-hybridized carbons (Fsp3) is 0.579. The van der Waals surface area contributed by atoms with Crippen LogP contribution in [0.2, 0.25) is 0 Å². The van der Waals surface area contributed by atoms with Gasteiger partial charge < -0.3 is 15.3 Å². The molecule has 2 bridgehead atoms. The Morgan fingerprint density at radius 3 is 2.72 bits per heavy atom. The van der Waals surface area contributed by atoms with E-state index in [0.29, 0.717) is 24.7 Å². The lowest BCUT2D eigenvalue weighted by Crippen LogP contribution is -2.46. The summed E-state index contributed by atoms with van der Waals surface area (Å²) in [5, 5.41) is 12.0. The number of nitrogens with zero attached hydrogens (tertiary/aromatic N) is 2. The van der Waals surface area contributed by atoms with Gasteiger partial charge in [0.25, 0.3) is 0 Å². The van der Waals surface area contributed by atoms with E-state index in [1.807, 2.05) is 11.0 Å². The van der Waals surface area contributed by atoms with Gasteiger partial charge in [0.2, 0.25) is 0 Å². The number of nitrogens with one attached hydrogen (secondary N) is 1. The minimum Gasteiger partial charge on any atom is -0.478 e. The van der Waals surface area contributed by atoms with Gasteiger partial charge in [-0.2, -0.15) is 0 Å². The molecule has 2 saturated heterocycles. The molecule has 3 rings (SSSR count). The summed E-state index contributed by atoms with van der Waals surface area (Å²) in [6.45, 7) is 6.37. The van der Waals surface area contributed by atoms with E-state index in [-0.39, 0.29) is 11.6 Å². The van der Waals surface area contributed by atoms with Crippen LogP contribution in [-0.4, -0.2) is 58.1 Å². The first-order valence-electron chi connectivity index (χ1n) is 9.08. The van der Waals surface area contributed by atoms with Crippen molar-refractivity contribution in [2.24, 2.45) is 0 Å². The van der Waals surface area contributed by atoms with Gasteiger partial charge in [-0.1, -0.05) is 12.1 Å². The van der Waals surface area contributed by atoms with Crippen molar-refractivity contribution in [3.63, 3.8) is 0 Å². The van der Waals surface area contributed by atoms with Crippen LogP contribution in [0.25, 0.3) is 0 Å². The topological polar surface area (TPSA) is 72.9 Å². The summed E-state index contributed by atoms with van der Waals surface area (Å²) in [7, 11) is 0. The minimum atomic E-state index is -0.953. The number of carbonyl (C=O) groups excluding carboxylic acids is 1. The number of carbonyl (C=O) groups is 2. The van der Waals surface area contributed by atoms with Crippen molar-refractivity contribution in [3.05, 3.63) is 35.4 Å². The van der Waals surface area contributed by atoms with Gasteiger partial charge in [-0.3, -0.25) is 4.90 Å². The van der Waals surface area contributed by atoms with Gasteiger partial charge >= 0.3 is 12.0 Å². The number of amides is 2. The van der Waals surface area contributed by atoms with E-state index < -0.39 is 5.97 Å². The molecule has 1 aromatic rings. The van der Waals surface area contributed by atoms with Crippen molar-refractivity contribution < 1.29 is 14.7 Å².